The number of nitrogens with zero attached hydrogens (tertiary/aromatic N) is 2. The molecule has 1 unspecified atom stereocenters. The van der Waals surface area contributed by atoms with Crippen LogP contribution in [0.2, 0.25) is 5.02 Å². The predicted molar refractivity (Wildman–Crippen MR) is 86.0 cm³/mol. The van der Waals surface area contributed by atoms with Crippen molar-refractivity contribution < 1.29 is 4.79 Å². The first-order valence-corrected chi connectivity index (χ1v) is 8.08. The van der Waals surface area contributed by atoms with E-state index in [0.29, 0.717) is 11.1 Å². The maximum Gasteiger partial charge on any atom is 0.321 e. The summed E-state index contributed by atoms with van der Waals surface area (Å²) in [6, 6.07) is 6.14. The molecule has 0 bridgehead atoms. The molecule has 2 saturated heterocycles. The Labute approximate surface area is 131 Å². The van der Waals surface area contributed by atoms with Crippen molar-refractivity contribution in [3.8, 4) is 0 Å². The van der Waals surface area contributed by atoms with Gasteiger partial charge in [-0.05, 0) is 44.0 Å². The van der Waals surface area contributed by atoms with Crippen LogP contribution in [-0.2, 0) is 0 Å². The van der Waals surface area contributed by atoms with Gasteiger partial charge in [-0.1, -0.05) is 24.1 Å². The molecule has 4 nitrogen and oxygen atoms in total. The van der Waals surface area contributed by atoms with E-state index < -0.39 is 0 Å². The fourth-order valence-electron chi connectivity index (χ4n) is 3.28. The quantitative estimate of drug-likeness (QED) is 0.863. The predicted octanol–water partition coefficient (Wildman–Crippen LogP) is 3.35. The molecule has 1 atom stereocenters. The van der Waals surface area contributed by atoms with Gasteiger partial charge in [0.2, 0.25) is 0 Å². The maximum absolute atomic E-state index is 12.5. The highest BCUT2D eigenvalue weighted by Crippen LogP contribution is 2.25. The molecule has 1 N–H and O–H groups in total. The molecule has 114 valence electrons. The minimum atomic E-state index is -0.00871. The number of hydrogen-bond acceptors (Lipinski definition) is 2. The van der Waals surface area contributed by atoms with Crippen LogP contribution in [0.3, 0.4) is 0 Å². The Morgan fingerprint density at radius 1 is 1.29 bits per heavy atom. The highest BCUT2D eigenvalue weighted by Gasteiger charge is 2.31. The van der Waals surface area contributed by atoms with E-state index in [1.165, 1.54) is 25.8 Å². The molecule has 3 rings (SSSR count). The van der Waals surface area contributed by atoms with Gasteiger partial charge in [-0.15, -0.1) is 0 Å². The highest BCUT2D eigenvalue weighted by molar-refractivity contribution is 6.31. The summed E-state index contributed by atoms with van der Waals surface area (Å²) < 4.78 is 0. The van der Waals surface area contributed by atoms with E-state index in [1.54, 1.807) is 0 Å². The standard InChI is InChI=1S/C16H22ClN3O/c1-12-14(17)6-4-7-15(12)18-16(21)20-10-9-19-8-3-2-5-13(19)11-20/h4,6-7,13H,2-3,5,8-11H2,1H3,(H,18,21). The molecule has 0 spiro atoms. The van der Waals surface area contributed by atoms with Crippen LogP contribution in [0.5, 0.6) is 0 Å². The van der Waals surface area contributed by atoms with Gasteiger partial charge >= 0.3 is 6.03 Å². The Bertz CT molecular complexity index is 534. The van der Waals surface area contributed by atoms with Crippen molar-refractivity contribution in [3.05, 3.63) is 28.8 Å². The van der Waals surface area contributed by atoms with Crippen LogP contribution in [0.15, 0.2) is 18.2 Å². The monoisotopic (exact) mass is 307 g/mol. The third-order valence-corrected chi connectivity index (χ3v) is 5.04. The zero-order chi connectivity index (χ0) is 14.8. The van der Waals surface area contributed by atoms with Gasteiger partial charge in [0.15, 0.2) is 0 Å². The molecule has 2 aliphatic rings. The summed E-state index contributed by atoms with van der Waals surface area (Å²) in [7, 11) is 0. The highest BCUT2D eigenvalue weighted by atomic mass is 35.5. The van der Waals surface area contributed by atoms with Crippen molar-refractivity contribution in [2.45, 2.75) is 32.2 Å². The van der Waals surface area contributed by atoms with Crippen molar-refractivity contribution in [2.24, 2.45) is 0 Å². The summed E-state index contributed by atoms with van der Waals surface area (Å²) in [6.07, 6.45) is 3.79. The molecule has 2 aliphatic heterocycles. The van der Waals surface area contributed by atoms with E-state index >= 15 is 0 Å². The van der Waals surface area contributed by atoms with Gasteiger partial charge in [0.05, 0.1) is 0 Å². The molecule has 0 aromatic heterocycles. The van der Waals surface area contributed by atoms with E-state index in [1.807, 2.05) is 30.0 Å². The first kappa shape index (κ1) is 14.7. The minimum Gasteiger partial charge on any atom is -0.322 e. The summed E-state index contributed by atoms with van der Waals surface area (Å²) in [4.78, 5) is 16.9. The van der Waals surface area contributed by atoms with Crippen LogP contribution in [0.4, 0.5) is 10.5 Å². The summed E-state index contributed by atoms with van der Waals surface area (Å²) in [5, 5.41) is 3.69. The van der Waals surface area contributed by atoms with E-state index in [-0.39, 0.29) is 6.03 Å². The molecule has 2 heterocycles. The van der Waals surface area contributed by atoms with Crippen molar-refractivity contribution in [3.63, 3.8) is 0 Å². The second kappa shape index (κ2) is 6.24. The number of hydrogen-bond donors (Lipinski definition) is 1. The summed E-state index contributed by atoms with van der Waals surface area (Å²) in [5.74, 6) is 0. The minimum absolute atomic E-state index is 0.00871. The van der Waals surface area contributed by atoms with Crippen LogP contribution in [0, 0.1) is 6.92 Å². The van der Waals surface area contributed by atoms with E-state index in [9.17, 15) is 4.79 Å². The SMILES string of the molecule is Cc1c(Cl)cccc1NC(=O)N1CCN2CCCCC2C1. The van der Waals surface area contributed by atoms with Gasteiger partial charge in [0.1, 0.15) is 0 Å². The lowest BCUT2D eigenvalue weighted by Gasteiger charge is -2.43. The number of urea groups is 1. The van der Waals surface area contributed by atoms with Gasteiger partial charge in [-0.2, -0.15) is 0 Å². The lowest BCUT2D eigenvalue weighted by atomic mass is 10.00. The van der Waals surface area contributed by atoms with Crippen molar-refractivity contribution in [1.82, 2.24) is 9.80 Å². The number of nitrogens with one attached hydrogen (secondary N) is 1. The lowest BCUT2D eigenvalue weighted by molar-refractivity contribution is 0.0678. The normalized spacial score (nSPS) is 22.8. The van der Waals surface area contributed by atoms with Gasteiger partial charge in [0, 0.05) is 36.4 Å². The molecular formula is C16H22ClN3O. The Balaban J connectivity index is 1.64. The van der Waals surface area contributed by atoms with Crippen LogP contribution in [-0.4, -0.2) is 48.1 Å². The van der Waals surface area contributed by atoms with Crippen LogP contribution in [0.25, 0.3) is 0 Å². The van der Waals surface area contributed by atoms with E-state index in [4.69, 9.17) is 11.6 Å². The number of benzene rings is 1. The van der Waals surface area contributed by atoms with Gasteiger partial charge in [0.25, 0.3) is 0 Å². The number of carbonyl (C=O) groups excluding carboxylic acids is 1. The zero-order valence-electron chi connectivity index (χ0n) is 12.4. The Kier molecular flexibility index (Phi) is 4.36. The van der Waals surface area contributed by atoms with Crippen molar-refractivity contribution >= 4 is 23.3 Å². The molecule has 0 saturated carbocycles. The summed E-state index contributed by atoms with van der Waals surface area (Å²) >= 11 is 6.10. The second-order valence-electron chi connectivity index (χ2n) is 5.97. The van der Waals surface area contributed by atoms with Gasteiger partial charge in [-0.3, -0.25) is 4.90 Å². The summed E-state index contributed by atoms with van der Waals surface area (Å²) in [6.45, 7) is 5.75. The number of piperidine rings is 1. The van der Waals surface area contributed by atoms with Crippen molar-refractivity contribution in [1.29, 1.82) is 0 Å². The fourth-order valence-corrected chi connectivity index (χ4v) is 3.45. The molecular weight excluding hydrogens is 286 g/mol. The topological polar surface area (TPSA) is 35.6 Å². The van der Waals surface area contributed by atoms with Gasteiger partial charge < -0.3 is 10.2 Å². The first-order valence-electron chi connectivity index (χ1n) is 7.70. The van der Waals surface area contributed by atoms with Crippen LogP contribution in [0.1, 0.15) is 24.8 Å². The maximum atomic E-state index is 12.5. The Morgan fingerprint density at radius 2 is 2.14 bits per heavy atom. The second-order valence-corrected chi connectivity index (χ2v) is 6.38. The average molecular weight is 308 g/mol. The fraction of sp³-hybridized carbons (Fsp3) is 0.562. The molecule has 2 amide bonds. The number of piperazine rings is 1. The number of rotatable bonds is 1. The molecule has 5 heteroatoms. The third kappa shape index (κ3) is 3.16. The summed E-state index contributed by atoms with van der Waals surface area (Å²) in [5.41, 5.74) is 1.72. The number of fused-ring (bicyclic) bond motifs is 1. The first-order chi connectivity index (χ1) is 10.1. The number of anilines is 1. The number of carbonyl (C=O) groups is 1. The lowest BCUT2D eigenvalue weighted by Crippen LogP contribution is -2.56. The molecule has 1 aromatic rings. The average Bonchev–Trinajstić information content (AvgIpc) is 2.51. The molecule has 0 radical (unpaired) electrons. The van der Waals surface area contributed by atoms with Gasteiger partial charge in [-0.25, -0.2) is 4.79 Å². The molecule has 21 heavy (non-hydrogen) atoms. The van der Waals surface area contributed by atoms with E-state index in [2.05, 4.69) is 10.2 Å². The zero-order valence-corrected chi connectivity index (χ0v) is 13.2. The Hall–Kier alpha value is -1.26. The smallest absolute Gasteiger partial charge is 0.321 e. The molecule has 2 fully saturated rings. The molecule has 1 aromatic carbocycles. The third-order valence-electron chi connectivity index (χ3n) is 4.63. The molecule has 0 aliphatic carbocycles. The van der Waals surface area contributed by atoms with Crippen LogP contribution >= 0.6 is 11.6 Å². The van der Waals surface area contributed by atoms with Crippen molar-refractivity contribution in [2.75, 3.05) is 31.5 Å². The number of halogens is 1. The van der Waals surface area contributed by atoms with Crippen LogP contribution < -0.4 is 5.32 Å². The number of amides is 2. The Morgan fingerprint density at radius 3 is 3.00 bits per heavy atom. The van der Waals surface area contributed by atoms with E-state index in [0.717, 1.165) is 30.9 Å². The largest absolute Gasteiger partial charge is 0.322 e.